The molecule has 1 saturated carbocycles. The number of aliphatic carboxylic acids is 1. The summed E-state index contributed by atoms with van der Waals surface area (Å²) in [6.07, 6.45) is 4.06. The van der Waals surface area contributed by atoms with Crippen LogP contribution in [-0.4, -0.2) is 22.6 Å². The molecule has 1 heterocycles. The molecule has 2 N–H and O–H groups in total. The topological polar surface area (TPSA) is 62.2 Å². The largest absolute Gasteiger partial charge is 0.481 e. The third kappa shape index (κ3) is 3.58. The first-order chi connectivity index (χ1) is 9.49. The van der Waals surface area contributed by atoms with Gasteiger partial charge in [-0.05, 0) is 46.1 Å². The van der Waals surface area contributed by atoms with Crippen LogP contribution in [0.1, 0.15) is 54.2 Å². The predicted molar refractivity (Wildman–Crippen MR) is 81.1 cm³/mol. The number of hydrogen-bond donors (Lipinski definition) is 2. The summed E-state index contributed by atoms with van der Waals surface area (Å²) in [6.45, 7) is 6.99. The van der Waals surface area contributed by atoms with E-state index in [1.807, 2.05) is 13.8 Å². The second-order valence-electron chi connectivity index (χ2n) is 5.80. The van der Waals surface area contributed by atoms with Crippen LogP contribution in [0.3, 0.4) is 0 Å². The van der Waals surface area contributed by atoms with Crippen molar-refractivity contribution in [2.75, 3.05) is 6.54 Å². The molecule has 112 valence electrons. The second-order valence-corrected chi connectivity index (χ2v) is 7.04. The molecule has 5 heteroatoms. The van der Waals surface area contributed by atoms with Crippen molar-refractivity contribution in [2.45, 2.75) is 52.5 Å². The van der Waals surface area contributed by atoms with Crippen molar-refractivity contribution in [3.05, 3.63) is 15.6 Å². The van der Waals surface area contributed by atoms with E-state index in [-0.39, 0.29) is 17.9 Å². The minimum atomic E-state index is -0.631. The molecule has 0 bridgehead atoms. The first-order valence-electron chi connectivity index (χ1n) is 7.39. The van der Waals surface area contributed by atoms with Crippen LogP contribution in [0.5, 0.6) is 0 Å². The molecule has 0 amide bonds. The van der Waals surface area contributed by atoms with Crippen LogP contribution in [0.25, 0.3) is 0 Å². The van der Waals surface area contributed by atoms with Gasteiger partial charge in [-0.2, -0.15) is 0 Å². The molecule has 0 radical (unpaired) electrons. The van der Waals surface area contributed by atoms with E-state index in [9.17, 15) is 9.90 Å². The number of hydrogen-bond acceptors (Lipinski definition) is 4. The lowest BCUT2D eigenvalue weighted by atomic mass is 9.79. The molecule has 0 aromatic carbocycles. The standard InChI is InChI=1S/C15H24N2O2S/c1-9(14-10(2)17-11(3)20-14)16-8-12-6-4-5-7-13(12)15(18)19/h9,12-13,16H,4-8H2,1-3H3,(H,18,19). The van der Waals surface area contributed by atoms with E-state index in [0.717, 1.165) is 42.9 Å². The van der Waals surface area contributed by atoms with Crippen molar-refractivity contribution in [1.29, 1.82) is 0 Å². The van der Waals surface area contributed by atoms with Gasteiger partial charge in [0.25, 0.3) is 0 Å². The Hall–Kier alpha value is -0.940. The fourth-order valence-corrected chi connectivity index (χ4v) is 4.10. The van der Waals surface area contributed by atoms with Gasteiger partial charge in [0.05, 0.1) is 16.6 Å². The summed E-state index contributed by atoms with van der Waals surface area (Å²) in [4.78, 5) is 17.0. The number of rotatable bonds is 5. The van der Waals surface area contributed by atoms with Gasteiger partial charge < -0.3 is 10.4 Å². The third-order valence-electron chi connectivity index (χ3n) is 4.25. The lowest BCUT2D eigenvalue weighted by molar-refractivity contribution is -0.144. The van der Waals surface area contributed by atoms with Gasteiger partial charge in [-0.15, -0.1) is 11.3 Å². The van der Waals surface area contributed by atoms with Gasteiger partial charge in [0.15, 0.2) is 0 Å². The highest BCUT2D eigenvalue weighted by molar-refractivity contribution is 7.11. The van der Waals surface area contributed by atoms with Crippen molar-refractivity contribution in [3.8, 4) is 0 Å². The SMILES string of the molecule is Cc1nc(C)c(C(C)NCC2CCCCC2C(=O)O)s1. The number of thiazole rings is 1. The third-order valence-corrected chi connectivity index (χ3v) is 5.50. The summed E-state index contributed by atoms with van der Waals surface area (Å²) in [7, 11) is 0. The Morgan fingerprint density at radius 2 is 2.15 bits per heavy atom. The minimum Gasteiger partial charge on any atom is -0.481 e. The summed E-state index contributed by atoms with van der Waals surface area (Å²) in [6, 6.07) is 0.248. The molecule has 1 aliphatic rings. The fraction of sp³-hybridized carbons (Fsp3) is 0.733. The fourth-order valence-electron chi connectivity index (χ4n) is 3.15. The summed E-state index contributed by atoms with van der Waals surface area (Å²) in [5, 5.41) is 13.9. The number of carboxylic acids is 1. The van der Waals surface area contributed by atoms with E-state index >= 15 is 0 Å². The number of carbonyl (C=O) groups is 1. The lowest BCUT2D eigenvalue weighted by Crippen LogP contribution is -2.35. The molecule has 0 aliphatic heterocycles. The monoisotopic (exact) mass is 296 g/mol. The number of nitrogens with one attached hydrogen (secondary N) is 1. The molecule has 1 fully saturated rings. The van der Waals surface area contributed by atoms with Gasteiger partial charge in [0, 0.05) is 10.9 Å². The highest BCUT2D eigenvalue weighted by Crippen LogP contribution is 2.31. The Labute approximate surface area is 124 Å². The van der Waals surface area contributed by atoms with Gasteiger partial charge in [-0.1, -0.05) is 12.8 Å². The van der Waals surface area contributed by atoms with E-state index in [1.165, 1.54) is 4.88 Å². The first-order valence-corrected chi connectivity index (χ1v) is 8.20. The average Bonchev–Trinajstić information content (AvgIpc) is 2.75. The number of nitrogens with zero attached hydrogens (tertiary/aromatic N) is 1. The number of aromatic nitrogens is 1. The summed E-state index contributed by atoms with van der Waals surface area (Å²) in [5.41, 5.74) is 1.09. The zero-order chi connectivity index (χ0) is 14.7. The maximum Gasteiger partial charge on any atom is 0.306 e. The molecular weight excluding hydrogens is 272 g/mol. The lowest BCUT2D eigenvalue weighted by Gasteiger charge is -2.29. The molecule has 3 unspecified atom stereocenters. The molecule has 4 nitrogen and oxygen atoms in total. The van der Waals surface area contributed by atoms with Crippen LogP contribution in [0.4, 0.5) is 0 Å². The van der Waals surface area contributed by atoms with Crippen LogP contribution in [0.2, 0.25) is 0 Å². The highest BCUT2D eigenvalue weighted by Gasteiger charge is 2.30. The van der Waals surface area contributed by atoms with Crippen LogP contribution in [0.15, 0.2) is 0 Å². The average molecular weight is 296 g/mol. The smallest absolute Gasteiger partial charge is 0.306 e. The Kier molecular flexibility index (Phi) is 5.16. The minimum absolute atomic E-state index is 0.173. The number of aryl methyl sites for hydroxylation is 2. The molecule has 0 spiro atoms. The van der Waals surface area contributed by atoms with Gasteiger partial charge in [-0.25, -0.2) is 4.98 Å². The van der Waals surface area contributed by atoms with E-state index in [1.54, 1.807) is 11.3 Å². The molecule has 1 aliphatic carbocycles. The van der Waals surface area contributed by atoms with Crippen LogP contribution in [-0.2, 0) is 4.79 Å². The van der Waals surface area contributed by atoms with Crippen molar-refractivity contribution in [3.63, 3.8) is 0 Å². The molecule has 1 aromatic heterocycles. The summed E-state index contributed by atoms with van der Waals surface area (Å²) >= 11 is 1.73. The quantitative estimate of drug-likeness (QED) is 0.875. The van der Waals surface area contributed by atoms with Gasteiger partial charge in [0.1, 0.15) is 0 Å². The molecule has 2 rings (SSSR count). The van der Waals surface area contributed by atoms with Crippen molar-refractivity contribution < 1.29 is 9.90 Å². The Morgan fingerprint density at radius 1 is 1.45 bits per heavy atom. The number of carboxylic acid groups (broad SMARTS) is 1. The van der Waals surface area contributed by atoms with Crippen molar-refractivity contribution in [2.24, 2.45) is 11.8 Å². The normalized spacial score (nSPS) is 24.6. The molecule has 0 saturated heterocycles. The van der Waals surface area contributed by atoms with Crippen molar-refractivity contribution in [1.82, 2.24) is 10.3 Å². The molecule has 1 aromatic rings. The summed E-state index contributed by atoms with van der Waals surface area (Å²) in [5.74, 6) is -0.542. The van der Waals surface area contributed by atoms with Gasteiger partial charge in [0.2, 0.25) is 0 Å². The van der Waals surface area contributed by atoms with Crippen LogP contribution >= 0.6 is 11.3 Å². The van der Waals surface area contributed by atoms with Gasteiger partial charge >= 0.3 is 5.97 Å². The Balaban J connectivity index is 1.93. The Morgan fingerprint density at radius 3 is 2.75 bits per heavy atom. The first kappa shape index (κ1) is 15.4. The second kappa shape index (κ2) is 6.68. The summed E-state index contributed by atoms with van der Waals surface area (Å²) < 4.78 is 0. The van der Waals surface area contributed by atoms with Crippen LogP contribution in [0, 0.1) is 25.7 Å². The van der Waals surface area contributed by atoms with E-state index in [0.29, 0.717) is 0 Å². The maximum absolute atomic E-state index is 11.3. The maximum atomic E-state index is 11.3. The predicted octanol–water partition coefficient (Wildman–Crippen LogP) is 3.30. The molecular formula is C15H24N2O2S. The highest BCUT2D eigenvalue weighted by atomic mass is 32.1. The van der Waals surface area contributed by atoms with Crippen LogP contribution < -0.4 is 5.32 Å². The molecule has 20 heavy (non-hydrogen) atoms. The Bertz CT molecular complexity index is 472. The zero-order valence-corrected chi connectivity index (χ0v) is 13.3. The van der Waals surface area contributed by atoms with E-state index in [2.05, 4.69) is 17.2 Å². The molecule has 3 atom stereocenters. The van der Waals surface area contributed by atoms with Crippen molar-refractivity contribution >= 4 is 17.3 Å². The van der Waals surface area contributed by atoms with E-state index in [4.69, 9.17) is 0 Å². The van der Waals surface area contributed by atoms with Gasteiger partial charge in [-0.3, -0.25) is 4.79 Å². The zero-order valence-electron chi connectivity index (χ0n) is 12.5. The van der Waals surface area contributed by atoms with E-state index < -0.39 is 5.97 Å².